The van der Waals surface area contributed by atoms with Gasteiger partial charge in [0.25, 0.3) is 0 Å². The average Bonchev–Trinajstić information content (AvgIpc) is 2.69. The van der Waals surface area contributed by atoms with Gasteiger partial charge in [-0.2, -0.15) is 15.8 Å². The molecular weight excluding hydrogens is 388 g/mol. The van der Waals surface area contributed by atoms with E-state index in [1.54, 1.807) is 6.08 Å². The summed E-state index contributed by atoms with van der Waals surface area (Å²) in [5, 5.41) is 29.3. The van der Waals surface area contributed by atoms with Crippen LogP contribution in [-0.4, -0.2) is 0 Å². The van der Waals surface area contributed by atoms with Crippen molar-refractivity contribution in [2.24, 2.45) is 11.1 Å². The molecule has 0 fully saturated rings. The molecule has 2 aromatic rings. The van der Waals surface area contributed by atoms with Gasteiger partial charge in [0.2, 0.25) is 0 Å². The van der Waals surface area contributed by atoms with E-state index >= 15 is 0 Å². The molecule has 5 heteroatoms. The van der Waals surface area contributed by atoms with E-state index in [1.807, 2.05) is 54.6 Å². The lowest BCUT2D eigenvalue weighted by molar-refractivity contribution is 0.534. The smallest absolute Gasteiger partial charge is 0.194 e. The summed E-state index contributed by atoms with van der Waals surface area (Å²) in [6.07, 6.45) is 1.81. The lowest BCUT2D eigenvalue weighted by atomic mass is 9.66. The minimum atomic E-state index is -1.62. The first-order valence-electron chi connectivity index (χ1n) is 7.83. The van der Waals surface area contributed by atoms with Crippen molar-refractivity contribution < 1.29 is 0 Å². The van der Waals surface area contributed by atoms with Gasteiger partial charge in [-0.05, 0) is 28.8 Å². The highest BCUT2D eigenvalue weighted by atomic mass is 79.9. The van der Waals surface area contributed by atoms with Crippen LogP contribution >= 0.6 is 15.9 Å². The van der Waals surface area contributed by atoms with E-state index in [2.05, 4.69) is 34.1 Å². The molecule has 1 atom stereocenters. The molecule has 0 aromatic heterocycles. The second-order valence-corrected chi connectivity index (χ2v) is 6.82. The summed E-state index contributed by atoms with van der Waals surface area (Å²) in [6.45, 7) is 0. The van der Waals surface area contributed by atoms with Crippen LogP contribution in [0.25, 0.3) is 5.57 Å². The third-order valence-corrected chi connectivity index (χ3v) is 5.07. The van der Waals surface area contributed by atoms with Crippen molar-refractivity contribution in [2.75, 3.05) is 0 Å². The number of hydrogen-bond donors (Lipinski definition) is 1. The molecule has 1 aliphatic carbocycles. The van der Waals surface area contributed by atoms with E-state index in [9.17, 15) is 15.8 Å². The second kappa shape index (κ2) is 6.89. The van der Waals surface area contributed by atoms with Gasteiger partial charge in [-0.1, -0.05) is 64.5 Å². The molecule has 2 aromatic carbocycles. The Morgan fingerprint density at radius 1 is 0.923 bits per heavy atom. The van der Waals surface area contributed by atoms with Crippen LogP contribution in [0.5, 0.6) is 0 Å². The van der Waals surface area contributed by atoms with Crippen LogP contribution in [0.15, 0.2) is 76.4 Å². The Bertz CT molecular complexity index is 1010. The Hall–Kier alpha value is -3.33. The Morgan fingerprint density at radius 2 is 1.54 bits per heavy atom. The number of halogens is 1. The molecule has 3 rings (SSSR count). The molecule has 0 heterocycles. The molecule has 4 nitrogen and oxygen atoms in total. The molecule has 0 saturated carbocycles. The Kier molecular flexibility index (Phi) is 4.63. The summed E-state index contributed by atoms with van der Waals surface area (Å²) in [5.74, 6) is -0.575. The fourth-order valence-corrected chi connectivity index (χ4v) is 3.43. The number of nitrogens with zero attached hydrogens (tertiary/aromatic N) is 3. The first kappa shape index (κ1) is 17.5. The maximum Gasteiger partial charge on any atom is 0.194 e. The minimum absolute atomic E-state index is 0.000674. The van der Waals surface area contributed by atoms with Gasteiger partial charge in [0.1, 0.15) is 6.07 Å². The zero-order chi connectivity index (χ0) is 18.7. The van der Waals surface area contributed by atoms with Crippen LogP contribution in [-0.2, 0) is 0 Å². The van der Waals surface area contributed by atoms with Crippen molar-refractivity contribution in [1.82, 2.24) is 0 Å². The van der Waals surface area contributed by atoms with Gasteiger partial charge in [0, 0.05) is 10.4 Å². The molecule has 26 heavy (non-hydrogen) atoms. The Morgan fingerprint density at radius 3 is 2.08 bits per heavy atom. The minimum Gasteiger partial charge on any atom is -0.399 e. The van der Waals surface area contributed by atoms with Gasteiger partial charge in [0.15, 0.2) is 5.41 Å². The number of hydrogen-bond acceptors (Lipinski definition) is 4. The highest BCUT2D eigenvalue weighted by Gasteiger charge is 2.47. The summed E-state index contributed by atoms with van der Waals surface area (Å²) in [5.41, 5.74) is 7.02. The molecular formula is C21H13BrN4. The molecule has 0 radical (unpaired) electrons. The monoisotopic (exact) mass is 400 g/mol. The molecule has 0 saturated heterocycles. The highest BCUT2D eigenvalue weighted by molar-refractivity contribution is 9.10. The quantitative estimate of drug-likeness (QED) is 0.807. The van der Waals surface area contributed by atoms with Gasteiger partial charge < -0.3 is 5.73 Å². The third kappa shape index (κ3) is 2.68. The van der Waals surface area contributed by atoms with Crippen molar-refractivity contribution in [2.45, 2.75) is 5.92 Å². The SMILES string of the molecule is N#CC1=C(N)C(C#N)(C#N)[C@H](c2ccccc2)C=C1c1ccc(Br)cc1. The molecule has 2 N–H and O–H groups in total. The van der Waals surface area contributed by atoms with E-state index in [1.165, 1.54) is 0 Å². The standard InChI is InChI=1S/C21H13BrN4/c22-16-8-6-14(7-9-16)17-10-19(15-4-2-1-3-5-15)21(12-24,13-25)20(26)18(17)11-23/h1-10,19H,26H2/t19-/m0/s1. The molecule has 0 bridgehead atoms. The Labute approximate surface area is 160 Å². The average molecular weight is 401 g/mol. The summed E-state index contributed by atoms with van der Waals surface area (Å²) in [6, 6.07) is 23.0. The summed E-state index contributed by atoms with van der Waals surface area (Å²) >= 11 is 3.40. The topological polar surface area (TPSA) is 97.4 Å². The van der Waals surface area contributed by atoms with Crippen molar-refractivity contribution in [3.8, 4) is 18.2 Å². The van der Waals surface area contributed by atoms with Gasteiger partial charge in [-0.25, -0.2) is 0 Å². The first-order valence-corrected chi connectivity index (χ1v) is 8.62. The predicted molar refractivity (Wildman–Crippen MR) is 102 cm³/mol. The second-order valence-electron chi connectivity index (χ2n) is 5.91. The maximum atomic E-state index is 9.82. The van der Waals surface area contributed by atoms with Crippen LogP contribution in [0.3, 0.4) is 0 Å². The van der Waals surface area contributed by atoms with Crippen molar-refractivity contribution in [3.05, 3.63) is 87.5 Å². The van der Waals surface area contributed by atoms with Gasteiger partial charge in [0.05, 0.1) is 23.4 Å². The largest absolute Gasteiger partial charge is 0.399 e. The lowest BCUT2D eigenvalue weighted by Crippen LogP contribution is -2.35. The number of nitriles is 3. The van der Waals surface area contributed by atoms with Crippen LogP contribution in [0, 0.1) is 39.4 Å². The van der Waals surface area contributed by atoms with Crippen molar-refractivity contribution >= 4 is 21.5 Å². The Balaban J connectivity index is 2.30. The molecule has 0 unspecified atom stereocenters. The van der Waals surface area contributed by atoms with E-state index in [-0.39, 0.29) is 11.3 Å². The normalized spacial score (nSPS) is 18.2. The molecule has 0 spiro atoms. The molecule has 124 valence electrons. The van der Waals surface area contributed by atoms with Crippen molar-refractivity contribution in [1.29, 1.82) is 15.8 Å². The zero-order valence-corrected chi connectivity index (χ0v) is 15.2. The van der Waals surface area contributed by atoms with Gasteiger partial charge in [-0.15, -0.1) is 0 Å². The summed E-state index contributed by atoms with van der Waals surface area (Å²) in [7, 11) is 0. The molecule has 0 amide bonds. The predicted octanol–water partition coefficient (Wildman–Crippen LogP) is 4.40. The third-order valence-electron chi connectivity index (χ3n) is 4.54. The highest BCUT2D eigenvalue weighted by Crippen LogP contribution is 2.48. The fourth-order valence-electron chi connectivity index (χ4n) is 3.17. The van der Waals surface area contributed by atoms with E-state index in [4.69, 9.17) is 5.73 Å². The molecule has 0 aliphatic heterocycles. The van der Waals surface area contributed by atoms with Gasteiger partial charge >= 0.3 is 0 Å². The van der Waals surface area contributed by atoms with Crippen molar-refractivity contribution in [3.63, 3.8) is 0 Å². The van der Waals surface area contributed by atoms with Crippen LogP contribution < -0.4 is 5.73 Å². The maximum absolute atomic E-state index is 9.82. The summed E-state index contributed by atoms with van der Waals surface area (Å²) in [4.78, 5) is 0. The zero-order valence-electron chi connectivity index (χ0n) is 13.6. The number of benzene rings is 2. The first-order chi connectivity index (χ1) is 12.6. The fraction of sp³-hybridized carbons (Fsp3) is 0.0952. The number of rotatable bonds is 2. The van der Waals surface area contributed by atoms with Crippen LogP contribution in [0.2, 0.25) is 0 Å². The number of allylic oxidation sites excluding steroid dienone is 4. The van der Waals surface area contributed by atoms with E-state index in [0.717, 1.165) is 15.6 Å². The van der Waals surface area contributed by atoms with E-state index in [0.29, 0.717) is 5.57 Å². The lowest BCUT2D eigenvalue weighted by Gasteiger charge is -2.33. The van der Waals surface area contributed by atoms with Crippen LogP contribution in [0.4, 0.5) is 0 Å². The molecule has 1 aliphatic rings. The van der Waals surface area contributed by atoms with Crippen LogP contribution in [0.1, 0.15) is 17.0 Å². The van der Waals surface area contributed by atoms with E-state index < -0.39 is 11.3 Å². The number of nitrogens with two attached hydrogens (primary N) is 1. The summed E-state index contributed by atoms with van der Waals surface area (Å²) < 4.78 is 0.913. The van der Waals surface area contributed by atoms with Gasteiger partial charge in [-0.3, -0.25) is 0 Å².